The van der Waals surface area contributed by atoms with Crippen LogP contribution in [-0.2, 0) is 50.1 Å². The number of nitrogens with one attached hydrogen (secondary N) is 2. The van der Waals surface area contributed by atoms with Gasteiger partial charge < -0.3 is 5.32 Å². The second kappa shape index (κ2) is 16.3. The number of alkyl halides is 6. The van der Waals surface area contributed by atoms with Crippen molar-refractivity contribution in [2.24, 2.45) is 11.8 Å². The molecular weight excluding hydrogens is 934 g/mol. The maximum absolute atomic E-state index is 15.7. The van der Waals surface area contributed by atoms with Gasteiger partial charge in [-0.05, 0) is 80.8 Å². The zero-order valence-corrected chi connectivity index (χ0v) is 37.0. The molecule has 23 heteroatoms. The van der Waals surface area contributed by atoms with Gasteiger partial charge in [-0.15, -0.1) is 0 Å². The number of anilines is 1. The largest absolute Gasteiger partial charge is 0.346 e. The van der Waals surface area contributed by atoms with Gasteiger partial charge >= 0.3 is 0 Å². The van der Waals surface area contributed by atoms with E-state index in [-0.39, 0.29) is 55.4 Å². The maximum atomic E-state index is 15.7. The Labute approximate surface area is 372 Å². The maximum Gasteiger partial charge on any atom is 0.293 e. The number of pyridine rings is 1. The smallest absolute Gasteiger partial charge is 0.293 e. The number of benzene rings is 2. The minimum Gasteiger partial charge on any atom is -0.346 e. The van der Waals surface area contributed by atoms with E-state index < -0.39 is 121 Å². The molecule has 0 aliphatic heterocycles. The summed E-state index contributed by atoms with van der Waals surface area (Å²) in [4.78, 5) is 18.8. The third-order valence-corrected chi connectivity index (χ3v) is 16.1. The Kier molecular flexibility index (Phi) is 11.6. The van der Waals surface area contributed by atoms with Crippen molar-refractivity contribution in [3.05, 3.63) is 93.0 Å². The Balaban J connectivity index is 1.31. The number of carbonyl (C=O) groups is 1. The molecule has 0 unspecified atom stereocenters. The molecule has 4 atom stereocenters. The lowest BCUT2D eigenvalue weighted by Crippen LogP contribution is -2.35. The predicted molar refractivity (Wildman–Crippen MR) is 223 cm³/mol. The van der Waals surface area contributed by atoms with Crippen molar-refractivity contribution in [3.63, 3.8) is 0 Å². The standard InChI is InChI=1S/C42H38ClF8N7O5S2/c1-19-31-33-36(39(48)49)54-58(38(33)42(50,51)34(19)31)18-30(59)53-28(15-20-13-21(44)16-22(45)14-20)35-25(8-5-23(52-35)11-12-41(2,3)64(4,60)61)26-9-10-27(43)32-37(26)57(17-29(46)47)55-40(32)56-65(62,63)24-6-7-24/h5,8-10,13-14,16,19,24,28-29,31,34,39H,6-7,15,17-18H2,1-4H3,(H,53,59)(H,55,56)/t19-,28+,31-,34-/m1/s1. The third-order valence-electron chi connectivity index (χ3n) is 12.0. The molecule has 1 amide bonds. The molecule has 2 fully saturated rings. The third kappa shape index (κ3) is 8.66. The molecule has 0 radical (unpaired) electrons. The van der Waals surface area contributed by atoms with Crippen molar-refractivity contribution >= 4 is 54.1 Å². The molecule has 2 aromatic carbocycles. The van der Waals surface area contributed by atoms with Crippen molar-refractivity contribution < 1.29 is 56.8 Å². The molecule has 2 saturated carbocycles. The van der Waals surface area contributed by atoms with Gasteiger partial charge in [-0.25, -0.2) is 48.2 Å². The summed E-state index contributed by atoms with van der Waals surface area (Å²) in [5.74, 6) is -4.65. The molecule has 346 valence electrons. The Bertz CT molecular complexity index is 3050. The van der Waals surface area contributed by atoms with Crippen LogP contribution in [-0.4, -0.2) is 70.0 Å². The second-order valence-corrected chi connectivity index (χ2v) is 21.9. The van der Waals surface area contributed by atoms with Crippen LogP contribution in [0.15, 0.2) is 42.5 Å². The van der Waals surface area contributed by atoms with Crippen LogP contribution >= 0.6 is 11.6 Å². The van der Waals surface area contributed by atoms with E-state index in [4.69, 9.17) is 11.6 Å². The summed E-state index contributed by atoms with van der Waals surface area (Å²) in [7, 11) is -7.83. The lowest BCUT2D eigenvalue weighted by Gasteiger charge is -2.23. The molecule has 0 bridgehead atoms. The van der Waals surface area contributed by atoms with E-state index >= 15 is 8.78 Å². The highest BCUT2D eigenvalue weighted by Crippen LogP contribution is 2.71. The van der Waals surface area contributed by atoms with Gasteiger partial charge in [0.15, 0.2) is 15.7 Å². The first kappa shape index (κ1) is 46.3. The quantitative estimate of drug-likeness (QED) is 0.0836. The molecule has 8 rings (SSSR count). The van der Waals surface area contributed by atoms with Crippen LogP contribution in [0, 0.1) is 35.3 Å². The van der Waals surface area contributed by atoms with E-state index in [1.54, 1.807) is 0 Å². The summed E-state index contributed by atoms with van der Waals surface area (Å²) in [6, 6.07) is 6.26. The highest BCUT2D eigenvalue weighted by atomic mass is 35.5. The molecule has 65 heavy (non-hydrogen) atoms. The molecule has 2 N–H and O–H groups in total. The van der Waals surface area contributed by atoms with E-state index in [2.05, 4.69) is 37.1 Å². The Morgan fingerprint density at radius 2 is 1.63 bits per heavy atom. The van der Waals surface area contributed by atoms with Gasteiger partial charge in [0.1, 0.15) is 46.6 Å². The number of hydrogen-bond donors (Lipinski definition) is 2. The average Bonchev–Trinajstić information content (AvgIpc) is 4.07. The number of amides is 1. The van der Waals surface area contributed by atoms with Gasteiger partial charge in [-0.2, -0.15) is 19.0 Å². The first-order valence-corrected chi connectivity index (χ1v) is 23.8. The summed E-state index contributed by atoms with van der Waals surface area (Å²) >= 11 is 6.63. The van der Waals surface area contributed by atoms with Gasteiger partial charge in [-0.3, -0.25) is 18.9 Å². The molecule has 0 saturated heterocycles. The summed E-state index contributed by atoms with van der Waals surface area (Å²) in [6.07, 6.45) is -5.17. The zero-order valence-electron chi connectivity index (χ0n) is 34.6. The predicted octanol–water partition coefficient (Wildman–Crippen LogP) is 8.06. The van der Waals surface area contributed by atoms with Crippen LogP contribution in [0.5, 0.6) is 0 Å². The molecule has 5 aromatic rings. The van der Waals surface area contributed by atoms with Crippen molar-refractivity contribution in [1.29, 1.82) is 0 Å². The fourth-order valence-corrected chi connectivity index (χ4v) is 10.2. The summed E-state index contributed by atoms with van der Waals surface area (Å²) in [5.41, 5.74) is -2.63. The summed E-state index contributed by atoms with van der Waals surface area (Å²) in [6.45, 7) is 2.04. The molecule has 3 aliphatic rings. The minimum absolute atomic E-state index is 0.00522. The normalized spacial score (nSPS) is 19.5. The van der Waals surface area contributed by atoms with Crippen molar-refractivity contribution in [1.82, 2.24) is 29.9 Å². The Morgan fingerprint density at radius 3 is 2.25 bits per heavy atom. The molecular formula is C42H38ClF8N7O5S2. The first-order chi connectivity index (χ1) is 30.3. The molecule has 3 heterocycles. The fraction of sp³-hybridized carbons (Fsp3) is 0.429. The highest BCUT2D eigenvalue weighted by molar-refractivity contribution is 7.93. The number of fused-ring (bicyclic) bond motifs is 4. The van der Waals surface area contributed by atoms with Gasteiger partial charge in [0.05, 0.1) is 32.9 Å². The number of sulfone groups is 1. The highest BCUT2D eigenvalue weighted by Gasteiger charge is 2.71. The van der Waals surface area contributed by atoms with Crippen LogP contribution < -0.4 is 10.0 Å². The summed E-state index contributed by atoms with van der Waals surface area (Å²) in [5, 5.41) is 9.54. The van der Waals surface area contributed by atoms with Gasteiger partial charge in [0, 0.05) is 40.8 Å². The number of rotatable bonds is 14. The SMILES string of the molecule is C[C@@H]1[C@@H]2c3c(C(F)F)nn(CC(=O)N[C@@H](Cc4cc(F)cc(F)c4)c4nc(C#CC(C)(C)S(C)(=O)=O)ccc4-c4ccc(Cl)c5c(NS(=O)(=O)C6CC6)nn(CC(F)F)c45)c3C(F)(F)[C@H]12. The van der Waals surface area contributed by atoms with E-state index in [1.165, 1.54) is 45.0 Å². The first-order valence-electron chi connectivity index (χ1n) is 20.0. The average molecular weight is 972 g/mol. The second-order valence-electron chi connectivity index (χ2n) is 17.0. The number of hydrogen-bond acceptors (Lipinski definition) is 8. The molecule has 3 aromatic heterocycles. The van der Waals surface area contributed by atoms with E-state index in [9.17, 15) is 48.0 Å². The number of aromatic nitrogens is 5. The van der Waals surface area contributed by atoms with E-state index in [0.29, 0.717) is 23.6 Å². The number of carbonyl (C=O) groups excluding carboxylic acids is 1. The number of nitrogens with zero attached hydrogens (tertiary/aromatic N) is 5. The van der Waals surface area contributed by atoms with Crippen molar-refractivity contribution in [2.45, 2.75) is 93.9 Å². The number of sulfonamides is 1. The minimum atomic E-state index is -4.04. The summed E-state index contributed by atoms with van der Waals surface area (Å²) < 4.78 is 171. The Hall–Kier alpha value is -5.27. The van der Waals surface area contributed by atoms with Gasteiger partial charge in [0.2, 0.25) is 15.9 Å². The zero-order chi connectivity index (χ0) is 47.3. The number of halogens is 9. The van der Waals surface area contributed by atoms with Crippen LogP contribution in [0.1, 0.15) is 85.9 Å². The van der Waals surface area contributed by atoms with E-state index in [0.717, 1.165) is 23.1 Å². The van der Waals surface area contributed by atoms with Crippen molar-refractivity contribution in [2.75, 3.05) is 11.0 Å². The van der Waals surface area contributed by atoms with Crippen LogP contribution in [0.25, 0.3) is 22.0 Å². The molecule has 0 spiro atoms. The van der Waals surface area contributed by atoms with Crippen LogP contribution in [0.4, 0.5) is 40.9 Å². The fourth-order valence-electron chi connectivity index (χ4n) is 8.40. The van der Waals surface area contributed by atoms with Gasteiger partial charge in [-0.1, -0.05) is 30.5 Å². The lowest BCUT2D eigenvalue weighted by molar-refractivity contribution is -0.123. The van der Waals surface area contributed by atoms with Gasteiger partial charge in [0.25, 0.3) is 18.8 Å². The van der Waals surface area contributed by atoms with Crippen LogP contribution in [0.2, 0.25) is 5.02 Å². The topological polar surface area (TPSA) is 158 Å². The monoisotopic (exact) mass is 971 g/mol. The lowest BCUT2D eigenvalue weighted by atomic mass is 9.93. The van der Waals surface area contributed by atoms with E-state index in [1.807, 2.05) is 0 Å². The van der Waals surface area contributed by atoms with Crippen molar-refractivity contribution in [3.8, 4) is 23.0 Å². The molecule has 3 aliphatic carbocycles. The molecule has 12 nitrogen and oxygen atoms in total. The Morgan fingerprint density at radius 1 is 0.969 bits per heavy atom. The van der Waals surface area contributed by atoms with Crippen LogP contribution in [0.3, 0.4) is 0 Å².